The van der Waals surface area contributed by atoms with Gasteiger partial charge in [-0.25, -0.2) is 0 Å². The van der Waals surface area contributed by atoms with Gasteiger partial charge in [0.1, 0.15) is 0 Å². The fourth-order valence-electron chi connectivity index (χ4n) is 5.32. The van der Waals surface area contributed by atoms with Crippen LogP contribution in [-0.2, 0) is 15.0 Å². The molecule has 1 spiro atoms. The lowest BCUT2D eigenvalue weighted by atomic mass is 9.73. The minimum Gasteiger partial charge on any atom is -0.337 e. The van der Waals surface area contributed by atoms with Gasteiger partial charge in [-0.15, -0.1) is 0 Å². The second-order valence-corrected chi connectivity index (χ2v) is 8.32. The van der Waals surface area contributed by atoms with Gasteiger partial charge >= 0.3 is 0 Å². The minimum absolute atomic E-state index is 0.0504. The number of rotatable bonds is 5. The molecule has 152 valence electrons. The number of hydrogen-bond donors (Lipinski definition) is 1. The standard InChI is InChI=1S/C22H32N4O2/c1-3-7-19-22(17-8-5-6-9-18(17)23-21(22)28)10-11-26(19)20(27)16-25-14-12-24(4-2)13-15-25/h5-6,8-9,19H,3-4,7,10-16H2,1-2H3,(H,23,28)/t19-,22+/m0/s1. The zero-order valence-electron chi connectivity index (χ0n) is 17.1. The Labute approximate surface area is 167 Å². The summed E-state index contributed by atoms with van der Waals surface area (Å²) < 4.78 is 0. The molecule has 0 radical (unpaired) electrons. The van der Waals surface area contributed by atoms with E-state index in [0.717, 1.165) is 63.2 Å². The normalized spacial score (nSPS) is 28.0. The van der Waals surface area contributed by atoms with Crippen molar-refractivity contribution in [2.75, 3.05) is 51.1 Å². The number of likely N-dealkylation sites (tertiary alicyclic amines) is 1. The zero-order valence-corrected chi connectivity index (χ0v) is 17.1. The van der Waals surface area contributed by atoms with Gasteiger partial charge in [0.2, 0.25) is 11.8 Å². The summed E-state index contributed by atoms with van der Waals surface area (Å²) in [7, 11) is 0. The average Bonchev–Trinajstić information content (AvgIpc) is 3.22. The van der Waals surface area contributed by atoms with Gasteiger partial charge < -0.3 is 15.1 Å². The smallest absolute Gasteiger partial charge is 0.237 e. The van der Waals surface area contributed by atoms with Gasteiger partial charge in [0.25, 0.3) is 0 Å². The van der Waals surface area contributed by atoms with Crippen LogP contribution in [0.4, 0.5) is 5.69 Å². The Kier molecular flexibility index (Phi) is 5.43. The second kappa shape index (κ2) is 7.84. The van der Waals surface area contributed by atoms with Crippen molar-refractivity contribution in [1.82, 2.24) is 14.7 Å². The van der Waals surface area contributed by atoms with Gasteiger partial charge in [0, 0.05) is 38.4 Å². The quantitative estimate of drug-likeness (QED) is 0.843. The van der Waals surface area contributed by atoms with E-state index in [1.54, 1.807) is 0 Å². The number of para-hydroxylation sites is 1. The molecule has 3 aliphatic rings. The molecular weight excluding hydrogens is 352 g/mol. The van der Waals surface area contributed by atoms with E-state index in [-0.39, 0.29) is 17.9 Å². The SMILES string of the molecule is CCC[C@@H]1N(C(=O)CN2CCN(CC)CC2)CC[C@]12C(=O)Nc1ccccc12. The molecule has 0 saturated carbocycles. The third-order valence-corrected chi connectivity index (χ3v) is 6.91. The summed E-state index contributed by atoms with van der Waals surface area (Å²) in [5.41, 5.74) is 1.41. The summed E-state index contributed by atoms with van der Waals surface area (Å²) >= 11 is 0. The van der Waals surface area contributed by atoms with Gasteiger partial charge in [0.05, 0.1) is 18.0 Å². The van der Waals surface area contributed by atoms with Crippen molar-refractivity contribution in [2.45, 2.75) is 44.6 Å². The number of anilines is 1. The van der Waals surface area contributed by atoms with Gasteiger partial charge in [0.15, 0.2) is 0 Å². The summed E-state index contributed by atoms with van der Waals surface area (Å²) in [6.45, 7) is 10.5. The number of carbonyl (C=O) groups excluding carboxylic acids is 2. The van der Waals surface area contributed by atoms with Crippen molar-refractivity contribution < 1.29 is 9.59 Å². The van der Waals surface area contributed by atoms with Crippen LogP contribution in [0.15, 0.2) is 24.3 Å². The van der Waals surface area contributed by atoms with E-state index in [9.17, 15) is 9.59 Å². The molecule has 1 aromatic rings. The first-order chi connectivity index (χ1) is 13.6. The van der Waals surface area contributed by atoms with E-state index >= 15 is 0 Å². The molecule has 2 atom stereocenters. The van der Waals surface area contributed by atoms with Crippen LogP contribution >= 0.6 is 0 Å². The molecule has 28 heavy (non-hydrogen) atoms. The molecule has 0 aromatic heterocycles. The molecule has 1 aromatic carbocycles. The maximum Gasteiger partial charge on any atom is 0.237 e. The highest BCUT2D eigenvalue weighted by atomic mass is 16.2. The molecule has 6 heteroatoms. The number of piperazine rings is 1. The van der Waals surface area contributed by atoms with E-state index in [2.05, 4.69) is 35.0 Å². The summed E-state index contributed by atoms with van der Waals surface area (Å²) in [5.74, 6) is 0.247. The molecule has 2 amide bonds. The second-order valence-electron chi connectivity index (χ2n) is 8.32. The van der Waals surface area contributed by atoms with Crippen molar-refractivity contribution in [3.63, 3.8) is 0 Å². The Morgan fingerprint density at radius 3 is 2.54 bits per heavy atom. The van der Waals surface area contributed by atoms with E-state index in [1.165, 1.54) is 0 Å². The van der Waals surface area contributed by atoms with Crippen molar-refractivity contribution in [3.8, 4) is 0 Å². The fourth-order valence-corrected chi connectivity index (χ4v) is 5.32. The number of hydrogen-bond acceptors (Lipinski definition) is 4. The number of carbonyl (C=O) groups is 2. The predicted octanol–water partition coefficient (Wildman–Crippen LogP) is 1.92. The first-order valence-electron chi connectivity index (χ1n) is 10.7. The molecule has 3 heterocycles. The molecule has 2 saturated heterocycles. The average molecular weight is 385 g/mol. The Morgan fingerprint density at radius 2 is 1.82 bits per heavy atom. The van der Waals surface area contributed by atoms with E-state index in [1.807, 2.05) is 23.1 Å². The highest BCUT2D eigenvalue weighted by Crippen LogP contribution is 2.49. The van der Waals surface area contributed by atoms with Crippen molar-refractivity contribution in [2.24, 2.45) is 0 Å². The van der Waals surface area contributed by atoms with E-state index in [4.69, 9.17) is 0 Å². The molecular formula is C22H32N4O2. The highest BCUT2D eigenvalue weighted by Gasteiger charge is 2.58. The van der Waals surface area contributed by atoms with Crippen LogP contribution in [0.5, 0.6) is 0 Å². The van der Waals surface area contributed by atoms with Crippen LogP contribution in [0.25, 0.3) is 0 Å². The van der Waals surface area contributed by atoms with Crippen LogP contribution in [0.1, 0.15) is 38.7 Å². The Morgan fingerprint density at radius 1 is 1.11 bits per heavy atom. The molecule has 4 rings (SSSR count). The summed E-state index contributed by atoms with van der Waals surface area (Å²) in [6, 6.07) is 7.95. The maximum absolute atomic E-state index is 13.2. The number of nitrogens with zero attached hydrogens (tertiary/aromatic N) is 3. The molecule has 0 aliphatic carbocycles. The molecule has 6 nitrogen and oxygen atoms in total. The monoisotopic (exact) mass is 384 g/mol. The topological polar surface area (TPSA) is 55.9 Å². The van der Waals surface area contributed by atoms with Gasteiger partial charge in [-0.3, -0.25) is 14.5 Å². The van der Waals surface area contributed by atoms with E-state index in [0.29, 0.717) is 13.1 Å². The number of amides is 2. The number of benzene rings is 1. The lowest BCUT2D eigenvalue weighted by Gasteiger charge is -2.37. The third kappa shape index (κ3) is 3.12. The molecule has 2 fully saturated rings. The van der Waals surface area contributed by atoms with Crippen molar-refractivity contribution in [1.29, 1.82) is 0 Å². The predicted molar refractivity (Wildman–Crippen MR) is 110 cm³/mol. The van der Waals surface area contributed by atoms with Crippen molar-refractivity contribution >= 4 is 17.5 Å². The first kappa shape index (κ1) is 19.4. The summed E-state index contributed by atoms with van der Waals surface area (Å²) in [6.07, 6.45) is 2.54. The fraction of sp³-hybridized carbons (Fsp3) is 0.636. The van der Waals surface area contributed by atoms with Gasteiger partial charge in [-0.2, -0.15) is 0 Å². The lowest BCUT2D eigenvalue weighted by Crippen LogP contribution is -2.53. The summed E-state index contributed by atoms with van der Waals surface area (Å²) in [4.78, 5) is 33.1. The molecule has 3 aliphatic heterocycles. The molecule has 1 N–H and O–H groups in total. The van der Waals surface area contributed by atoms with Crippen LogP contribution in [0.2, 0.25) is 0 Å². The van der Waals surface area contributed by atoms with Crippen LogP contribution in [-0.4, -0.2) is 78.4 Å². The number of nitrogens with one attached hydrogen (secondary N) is 1. The Bertz CT molecular complexity index is 744. The summed E-state index contributed by atoms with van der Waals surface area (Å²) in [5, 5.41) is 3.08. The van der Waals surface area contributed by atoms with Gasteiger partial charge in [-0.1, -0.05) is 38.5 Å². The number of likely N-dealkylation sites (N-methyl/N-ethyl adjacent to an activating group) is 1. The third-order valence-electron chi connectivity index (χ3n) is 6.91. The van der Waals surface area contributed by atoms with Crippen LogP contribution in [0.3, 0.4) is 0 Å². The molecule has 0 unspecified atom stereocenters. The van der Waals surface area contributed by atoms with Gasteiger partial charge in [-0.05, 0) is 31.0 Å². The zero-order chi connectivity index (χ0) is 19.7. The Hall–Kier alpha value is -1.92. The first-order valence-corrected chi connectivity index (χ1v) is 10.7. The van der Waals surface area contributed by atoms with Crippen molar-refractivity contribution in [3.05, 3.63) is 29.8 Å². The maximum atomic E-state index is 13.2. The highest BCUT2D eigenvalue weighted by molar-refractivity contribution is 6.07. The molecule has 0 bridgehead atoms. The number of fused-ring (bicyclic) bond motifs is 2. The largest absolute Gasteiger partial charge is 0.337 e. The van der Waals surface area contributed by atoms with Crippen LogP contribution in [0, 0.1) is 0 Å². The van der Waals surface area contributed by atoms with Crippen LogP contribution < -0.4 is 5.32 Å². The van der Waals surface area contributed by atoms with E-state index < -0.39 is 5.41 Å². The Balaban J connectivity index is 1.53. The minimum atomic E-state index is -0.580. The lowest BCUT2D eigenvalue weighted by molar-refractivity contribution is -0.135.